The highest BCUT2D eigenvalue weighted by Crippen LogP contribution is 2.31. The Morgan fingerprint density at radius 1 is 0.963 bits per heavy atom. The lowest BCUT2D eigenvalue weighted by Crippen LogP contribution is -2.01. The Morgan fingerprint density at radius 2 is 1.74 bits per heavy atom. The molecule has 0 saturated heterocycles. The number of carboxylic acid groups (broad SMARTS) is 2. The molecule has 0 saturated carbocycles. The minimum atomic E-state index is -1.11. The van der Waals surface area contributed by atoms with E-state index in [0.29, 0.717) is 27.9 Å². The maximum absolute atomic E-state index is 11.9. The Hall–Kier alpha value is -4.07. The van der Waals surface area contributed by atoms with Gasteiger partial charge >= 0.3 is 11.9 Å². The summed E-state index contributed by atoms with van der Waals surface area (Å²) in [5, 5.41) is 26.1. The van der Waals surface area contributed by atoms with Gasteiger partial charge in [-0.05, 0) is 30.3 Å². The third-order valence-electron chi connectivity index (χ3n) is 4.13. The third-order valence-corrected chi connectivity index (χ3v) is 4.13. The van der Waals surface area contributed by atoms with E-state index in [1.807, 2.05) is 0 Å². The number of H-pyrrole nitrogens is 1. The van der Waals surface area contributed by atoms with Gasteiger partial charge in [-0.1, -0.05) is 12.1 Å². The number of fused-ring (bicyclic) bond motifs is 1. The van der Waals surface area contributed by atoms with Gasteiger partial charge in [-0.3, -0.25) is 10.1 Å². The monoisotopic (exact) mass is 360 g/mol. The second-order valence-electron chi connectivity index (χ2n) is 5.78. The summed E-state index contributed by atoms with van der Waals surface area (Å²) in [6.45, 7) is 0. The van der Waals surface area contributed by atoms with Gasteiger partial charge in [-0.25, -0.2) is 14.6 Å². The molecule has 3 aromatic heterocycles. The van der Waals surface area contributed by atoms with Crippen molar-refractivity contribution in [2.75, 3.05) is 0 Å². The molecule has 0 aliphatic carbocycles. The minimum Gasteiger partial charge on any atom is -0.478 e. The average Bonchev–Trinajstić information content (AvgIpc) is 3.12. The molecule has 0 fully saturated rings. The quantitative estimate of drug-likeness (QED) is 0.510. The number of aromatic amines is 1. The van der Waals surface area contributed by atoms with E-state index in [9.17, 15) is 14.7 Å². The molecule has 0 radical (unpaired) electrons. The van der Waals surface area contributed by atoms with Gasteiger partial charge in [0.15, 0.2) is 5.65 Å². The number of hydrogen-bond donors (Lipinski definition) is 3. The summed E-state index contributed by atoms with van der Waals surface area (Å²) in [7, 11) is 0. The van der Waals surface area contributed by atoms with Gasteiger partial charge in [0.2, 0.25) is 0 Å². The molecule has 0 unspecified atom stereocenters. The minimum absolute atomic E-state index is 0.0462. The van der Waals surface area contributed by atoms with Gasteiger partial charge in [-0.2, -0.15) is 5.10 Å². The van der Waals surface area contributed by atoms with Crippen LogP contribution in [0.2, 0.25) is 0 Å². The van der Waals surface area contributed by atoms with Crippen molar-refractivity contribution in [1.29, 1.82) is 0 Å². The fraction of sp³-hybridized carbons (Fsp3) is 0. The van der Waals surface area contributed by atoms with E-state index < -0.39 is 11.9 Å². The number of hydrogen-bond acceptors (Lipinski definition) is 5. The van der Waals surface area contributed by atoms with Crippen LogP contribution in [0.4, 0.5) is 0 Å². The predicted molar refractivity (Wildman–Crippen MR) is 96.5 cm³/mol. The van der Waals surface area contributed by atoms with Crippen molar-refractivity contribution in [3.63, 3.8) is 0 Å². The van der Waals surface area contributed by atoms with E-state index in [-0.39, 0.29) is 16.8 Å². The zero-order valence-electron chi connectivity index (χ0n) is 13.7. The molecule has 3 N–H and O–H groups in total. The fourth-order valence-corrected chi connectivity index (χ4v) is 2.84. The van der Waals surface area contributed by atoms with Crippen LogP contribution in [0.25, 0.3) is 33.5 Å². The molecule has 132 valence electrons. The first-order chi connectivity index (χ1) is 13.0. The van der Waals surface area contributed by atoms with Gasteiger partial charge in [-0.15, -0.1) is 0 Å². The second kappa shape index (κ2) is 6.34. The van der Waals surface area contributed by atoms with Crippen molar-refractivity contribution in [1.82, 2.24) is 20.2 Å². The van der Waals surface area contributed by atoms with Crippen molar-refractivity contribution in [3.8, 4) is 22.5 Å². The van der Waals surface area contributed by atoms with Crippen LogP contribution in [0.3, 0.4) is 0 Å². The Bertz CT molecular complexity index is 1170. The van der Waals surface area contributed by atoms with Gasteiger partial charge in [0.05, 0.1) is 27.9 Å². The molecular formula is C19H12N4O4. The largest absolute Gasteiger partial charge is 0.478 e. The normalized spacial score (nSPS) is 10.8. The van der Waals surface area contributed by atoms with Crippen molar-refractivity contribution < 1.29 is 19.8 Å². The lowest BCUT2D eigenvalue weighted by atomic mass is 10.0. The zero-order valence-corrected chi connectivity index (χ0v) is 13.7. The number of pyridine rings is 2. The van der Waals surface area contributed by atoms with Gasteiger partial charge in [0.25, 0.3) is 0 Å². The molecule has 4 aromatic rings. The summed E-state index contributed by atoms with van der Waals surface area (Å²) in [5.41, 5.74) is 2.64. The summed E-state index contributed by atoms with van der Waals surface area (Å²) in [4.78, 5) is 31.3. The summed E-state index contributed by atoms with van der Waals surface area (Å²) < 4.78 is 0. The van der Waals surface area contributed by atoms with Crippen LogP contribution >= 0.6 is 0 Å². The molecule has 0 atom stereocenters. The molecule has 8 heteroatoms. The lowest BCUT2D eigenvalue weighted by Gasteiger charge is -2.06. The highest BCUT2D eigenvalue weighted by molar-refractivity contribution is 6.08. The van der Waals surface area contributed by atoms with Gasteiger partial charge in [0.1, 0.15) is 0 Å². The summed E-state index contributed by atoms with van der Waals surface area (Å²) in [6, 6.07) is 11.0. The van der Waals surface area contributed by atoms with Crippen LogP contribution < -0.4 is 0 Å². The van der Waals surface area contributed by atoms with Crippen molar-refractivity contribution in [2.45, 2.75) is 0 Å². The highest BCUT2D eigenvalue weighted by atomic mass is 16.4. The molecule has 3 heterocycles. The molecule has 0 aliphatic heterocycles. The van der Waals surface area contributed by atoms with Crippen LogP contribution in [0, 0.1) is 0 Å². The maximum Gasteiger partial charge on any atom is 0.336 e. The fourth-order valence-electron chi connectivity index (χ4n) is 2.84. The van der Waals surface area contributed by atoms with Crippen molar-refractivity contribution in [3.05, 3.63) is 66.0 Å². The SMILES string of the molecule is O=C(O)c1ccc(-c2cc(C(=O)O)c3c(-c4cccnc4)[nH]nc3n2)cc1. The van der Waals surface area contributed by atoms with Crippen LogP contribution in [0.5, 0.6) is 0 Å². The van der Waals surface area contributed by atoms with Crippen molar-refractivity contribution >= 4 is 23.0 Å². The number of rotatable bonds is 4. The Labute approximate surface area is 152 Å². The number of aromatic nitrogens is 4. The third kappa shape index (κ3) is 2.89. The van der Waals surface area contributed by atoms with E-state index in [1.165, 1.54) is 18.2 Å². The zero-order chi connectivity index (χ0) is 19.0. The highest BCUT2D eigenvalue weighted by Gasteiger charge is 2.20. The smallest absolute Gasteiger partial charge is 0.336 e. The average molecular weight is 360 g/mol. The summed E-state index contributed by atoms with van der Waals surface area (Å²) in [5.74, 6) is -2.15. The van der Waals surface area contributed by atoms with E-state index in [2.05, 4.69) is 20.2 Å². The first kappa shape index (κ1) is 16.4. The predicted octanol–water partition coefficient (Wildman–Crippen LogP) is 3.08. The number of nitrogens with one attached hydrogen (secondary N) is 1. The number of carboxylic acids is 2. The first-order valence-corrected chi connectivity index (χ1v) is 7.91. The topological polar surface area (TPSA) is 129 Å². The first-order valence-electron chi connectivity index (χ1n) is 7.91. The van der Waals surface area contributed by atoms with Gasteiger partial charge in [0, 0.05) is 23.5 Å². The molecule has 0 spiro atoms. The summed E-state index contributed by atoms with van der Waals surface area (Å²) in [6.07, 6.45) is 3.23. The Morgan fingerprint density at radius 3 is 2.37 bits per heavy atom. The number of benzene rings is 1. The second-order valence-corrected chi connectivity index (χ2v) is 5.78. The Kier molecular flexibility index (Phi) is 3.85. The molecular weight excluding hydrogens is 348 g/mol. The van der Waals surface area contributed by atoms with E-state index in [1.54, 1.807) is 36.7 Å². The van der Waals surface area contributed by atoms with Crippen LogP contribution in [-0.4, -0.2) is 42.3 Å². The molecule has 4 rings (SSSR count). The molecule has 27 heavy (non-hydrogen) atoms. The molecule has 0 amide bonds. The van der Waals surface area contributed by atoms with Crippen LogP contribution in [0.15, 0.2) is 54.9 Å². The van der Waals surface area contributed by atoms with E-state index >= 15 is 0 Å². The van der Waals surface area contributed by atoms with E-state index in [4.69, 9.17) is 5.11 Å². The van der Waals surface area contributed by atoms with E-state index in [0.717, 1.165) is 0 Å². The van der Waals surface area contributed by atoms with Crippen LogP contribution in [-0.2, 0) is 0 Å². The molecule has 0 bridgehead atoms. The van der Waals surface area contributed by atoms with Crippen LogP contribution in [0.1, 0.15) is 20.7 Å². The number of carbonyl (C=O) groups is 2. The summed E-state index contributed by atoms with van der Waals surface area (Å²) >= 11 is 0. The van der Waals surface area contributed by atoms with Crippen molar-refractivity contribution in [2.24, 2.45) is 0 Å². The van der Waals surface area contributed by atoms with Gasteiger partial charge < -0.3 is 10.2 Å². The number of nitrogens with zero attached hydrogens (tertiary/aromatic N) is 3. The molecule has 0 aliphatic rings. The Balaban J connectivity index is 1.90. The number of aromatic carboxylic acids is 2. The standard InChI is InChI=1S/C19H12N4O4/c24-18(25)11-5-3-10(4-6-11)14-8-13(19(26)27)15-16(22-23-17(15)21-14)12-2-1-7-20-9-12/h1-9H,(H,24,25)(H,26,27)(H,21,22,23). The molecule has 8 nitrogen and oxygen atoms in total. The molecule has 1 aromatic carbocycles. The lowest BCUT2D eigenvalue weighted by molar-refractivity contribution is 0.0687. The maximum atomic E-state index is 11.9.